The Morgan fingerprint density at radius 2 is 2.15 bits per heavy atom. The minimum atomic E-state index is -0.974. The number of carbonyl (C=O) groups excluding carboxylic acids is 1. The van der Waals surface area contributed by atoms with E-state index in [1.807, 2.05) is 17.5 Å². The second-order valence-electron chi connectivity index (χ2n) is 4.81. The van der Waals surface area contributed by atoms with Crippen LogP contribution < -0.4 is 5.32 Å². The Balaban J connectivity index is 1.74. The van der Waals surface area contributed by atoms with Crippen LogP contribution >= 0.6 is 57.5 Å². The van der Waals surface area contributed by atoms with Crippen molar-refractivity contribution in [2.45, 2.75) is 17.7 Å². The van der Waals surface area contributed by atoms with Crippen molar-refractivity contribution in [3.05, 3.63) is 21.8 Å². The van der Waals surface area contributed by atoms with Crippen LogP contribution in [0.15, 0.2) is 17.5 Å². The standard InChI is InChI=1S/C12H9Cl3N2OS2/c1-11(5-12(11,14)15)9(18)17-10-16-6(4-19-10)7-2-3-8(13)20-7/h2-4H,5H2,1H3,(H,16,17,18). The Labute approximate surface area is 138 Å². The molecule has 0 radical (unpaired) electrons. The molecule has 1 aliphatic carbocycles. The first-order chi connectivity index (χ1) is 9.32. The predicted octanol–water partition coefficient (Wildman–Crippen LogP) is 5.05. The smallest absolute Gasteiger partial charge is 0.235 e. The molecule has 2 aromatic heterocycles. The van der Waals surface area contributed by atoms with Gasteiger partial charge < -0.3 is 5.32 Å². The van der Waals surface area contributed by atoms with E-state index in [-0.39, 0.29) is 5.91 Å². The van der Waals surface area contributed by atoms with E-state index in [2.05, 4.69) is 10.3 Å². The highest BCUT2D eigenvalue weighted by atomic mass is 35.5. The fourth-order valence-corrected chi connectivity index (χ4v) is 4.27. The fourth-order valence-electron chi connectivity index (χ4n) is 1.78. The third-order valence-corrected chi connectivity index (χ3v) is 6.42. The summed E-state index contributed by atoms with van der Waals surface area (Å²) in [5.74, 6) is -0.201. The molecule has 20 heavy (non-hydrogen) atoms. The quantitative estimate of drug-likeness (QED) is 0.771. The van der Waals surface area contributed by atoms with Gasteiger partial charge in [-0.3, -0.25) is 4.79 Å². The Kier molecular flexibility index (Phi) is 3.54. The fraction of sp³-hybridized carbons (Fsp3) is 0.333. The number of hydrogen-bond donors (Lipinski definition) is 1. The molecule has 0 bridgehead atoms. The third-order valence-electron chi connectivity index (χ3n) is 3.31. The number of thiazole rings is 1. The van der Waals surface area contributed by atoms with Gasteiger partial charge in [0.2, 0.25) is 5.91 Å². The Morgan fingerprint density at radius 3 is 2.70 bits per heavy atom. The van der Waals surface area contributed by atoms with E-state index >= 15 is 0 Å². The number of nitrogens with one attached hydrogen (secondary N) is 1. The summed E-state index contributed by atoms with van der Waals surface area (Å²) in [7, 11) is 0. The van der Waals surface area contributed by atoms with Gasteiger partial charge in [-0.25, -0.2) is 4.98 Å². The molecule has 1 aliphatic rings. The minimum absolute atomic E-state index is 0.201. The summed E-state index contributed by atoms with van der Waals surface area (Å²) in [4.78, 5) is 17.5. The number of halogens is 3. The highest BCUT2D eigenvalue weighted by Gasteiger charge is 2.68. The van der Waals surface area contributed by atoms with Gasteiger partial charge in [0, 0.05) is 5.38 Å². The summed E-state index contributed by atoms with van der Waals surface area (Å²) in [5, 5.41) is 5.18. The lowest BCUT2D eigenvalue weighted by Gasteiger charge is -2.10. The van der Waals surface area contributed by atoms with Crippen LogP contribution in [0.2, 0.25) is 4.34 Å². The summed E-state index contributed by atoms with van der Waals surface area (Å²) >= 11 is 20.7. The van der Waals surface area contributed by atoms with E-state index in [9.17, 15) is 4.79 Å². The van der Waals surface area contributed by atoms with Crippen molar-refractivity contribution >= 4 is 68.5 Å². The first-order valence-corrected chi connectivity index (χ1v) is 8.55. The minimum Gasteiger partial charge on any atom is -0.301 e. The lowest BCUT2D eigenvalue weighted by molar-refractivity contribution is -0.120. The number of hydrogen-bond acceptors (Lipinski definition) is 4. The zero-order valence-corrected chi connectivity index (χ0v) is 14.1. The van der Waals surface area contributed by atoms with Gasteiger partial charge in [-0.15, -0.1) is 45.9 Å². The topological polar surface area (TPSA) is 42.0 Å². The maximum absolute atomic E-state index is 12.1. The van der Waals surface area contributed by atoms with E-state index in [0.29, 0.717) is 15.9 Å². The summed E-state index contributed by atoms with van der Waals surface area (Å²) in [6.45, 7) is 1.75. The summed E-state index contributed by atoms with van der Waals surface area (Å²) < 4.78 is -0.267. The van der Waals surface area contributed by atoms with Crippen LogP contribution in [-0.2, 0) is 4.79 Å². The van der Waals surface area contributed by atoms with Crippen molar-refractivity contribution in [3.8, 4) is 10.6 Å². The van der Waals surface area contributed by atoms with Crippen molar-refractivity contribution in [1.82, 2.24) is 4.98 Å². The molecule has 1 amide bonds. The highest BCUT2D eigenvalue weighted by molar-refractivity contribution is 7.20. The summed E-state index contributed by atoms with van der Waals surface area (Å²) in [5.41, 5.74) is 0.0555. The number of rotatable bonds is 3. The second kappa shape index (κ2) is 4.85. The molecule has 0 spiro atoms. The van der Waals surface area contributed by atoms with Crippen molar-refractivity contribution in [2.75, 3.05) is 5.32 Å². The molecule has 1 unspecified atom stereocenters. The highest BCUT2D eigenvalue weighted by Crippen LogP contribution is 2.64. The number of thiophene rings is 1. The molecule has 1 atom stereocenters. The van der Waals surface area contributed by atoms with Crippen molar-refractivity contribution < 1.29 is 4.79 Å². The van der Waals surface area contributed by atoms with E-state index in [4.69, 9.17) is 34.8 Å². The number of amides is 1. The summed E-state index contributed by atoms with van der Waals surface area (Å²) in [6.07, 6.45) is 0.452. The third kappa shape index (κ3) is 2.46. The first-order valence-electron chi connectivity index (χ1n) is 5.72. The van der Waals surface area contributed by atoms with Crippen LogP contribution in [0.3, 0.4) is 0 Å². The van der Waals surface area contributed by atoms with Gasteiger partial charge in [0.05, 0.1) is 20.3 Å². The lowest BCUT2D eigenvalue weighted by Crippen LogP contribution is -2.25. The van der Waals surface area contributed by atoms with Gasteiger partial charge in [-0.1, -0.05) is 11.6 Å². The van der Waals surface area contributed by atoms with Gasteiger partial charge in [-0.2, -0.15) is 0 Å². The van der Waals surface area contributed by atoms with Gasteiger partial charge in [0.15, 0.2) is 5.13 Å². The number of carbonyl (C=O) groups is 1. The number of anilines is 1. The molecule has 2 heterocycles. The number of aromatic nitrogens is 1. The molecule has 0 aliphatic heterocycles. The average Bonchev–Trinajstić information content (AvgIpc) is 2.81. The summed E-state index contributed by atoms with van der Waals surface area (Å²) in [6, 6.07) is 3.72. The van der Waals surface area contributed by atoms with E-state index in [1.54, 1.807) is 6.92 Å². The predicted molar refractivity (Wildman–Crippen MR) is 86.2 cm³/mol. The average molecular weight is 368 g/mol. The van der Waals surface area contributed by atoms with Gasteiger partial charge in [0.25, 0.3) is 0 Å². The SMILES string of the molecule is CC1(C(=O)Nc2nc(-c3ccc(Cl)s3)cs2)CC1(Cl)Cl. The van der Waals surface area contributed by atoms with Gasteiger partial charge in [-0.05, 0) is 25.5 Å². The van der Waals surface area contributed by atoms with E-state index < -0.39 is 9.75 Å². The molecular weight excluding hydrogens is 359 g/mol. The molecule has 0 saturated heterocycles. The van der Waals surface area contributed by atoms with Crippen molar-refractivity contribution in [3.63, 3.8) is 0 Å². The van der Waals surface area contributed by atoms with Crippen LogP contribution in [0.1, 0.15) is 13.3 Å². The molecular formula is C12H9Cl3N2OS2. The lowest BCUT2D eigenvalue weighted by atomic mass is 10.1. The molecule has 106 valence electrons. The van der Waals surface area contributed by atoms with Crippen LogP contribution in [0.25, 0.3) is 10.6 Å². The van der Waals surface area contributed by atoms with Crippen molar-refractivity contribution in [2.24, 2.45) is 5.41 Å². The zero-order valence-electron chi connectivity index (χ0n) is 10.2. The zero-order chi connectivity index (χ0) is 14.5. The van der Waals surface area contributed by atoms with Crippen molar-refractivity contribution in [1.29, 1.82) is 0 Å². The Bertz CT molecular complexity index is 682. The second-order valence-corrected chi connectivity index (χ2v) is 8.87. The number of alkyl halides is 2. The Hall–Kier alpha value is -0.330. The monoisotopic (exact) mass is 366 g/mol. The van der Waals surface area contributed by atoms with E-state index in [0.717, 1.165) is 10.6 Å². The molecule has 3 nitrogen and oxygen atoms in total. The largest absolute Gasteiger partial charge is 0.301 e. The normalized spacial score (nSPS) is 23.6. The molecule has 1 saturated carbocycles. The first kappa shape index (κ1) is 14.6. The van der Waals surface area contributed by atoms with Gasteiger partial charge in [0.1, 0.15) is 4.33 Å². The van der Waals surface area contributed by atoms with E-state index in [1.165, 1.54) is 22.7 Å². The molecule has 8 heteroatoms. The van der Waals surface area contributed by atoms with Crippen LogP contribution in [0.4, 0.5) is 5.13 Å². The molecule has 1 fully saturated rings. The number of nitrogens with zero attached hydrogens (tertiary/aromatic N) is 1. The molecule has 3 rings (SSSR count). The van der Waals surface area contributed by atoms with Crippen LogP contribution in [0, 0.1) is 5.41 Å². The maximum atomic E-state index is 12.1. The molecule has 1 N–H and O–H groups in total. The van der Waals surface area contributed by atoms with Crippen LogP contribution in [-0.4, -0.2) is 15.2 Å². The Morgan fingerprint density at radius 1 is 1.45 bits per heavy atom. The molecule has 2 aromatic rings. The van der Waals surface area contributed by atoms with Crippen LogP contribution in [0.5, 0.6) is 0 Å². The maximum Gasteiger partial charge on any atom is 0.235 e. The molecule has 0 aromatic carbocycles. The van der Waals surface area contributed by atoms with Gasteiger partial charge >= 0.3 is 0 Å².